The van der Waals surface area contributed by atoms with Crippen molar-refractivity contribution in [3.8, 4) is 6.07 Å². The molecule has 0 aromatic heterocycles. The molecule has 1 aliphatic carbocycles. The van der Waals surface area contributed by atoms with Crippen molar-refractivity contribution in [3.63, 3.8) is 0 Å². The van der Waals surface area contributed by atoms with Crippen LogP contribution in [-0.4, -0.2) is 30.1 Å². The van der Waals surface area contributed by atoms with E-state index in [9.17, 15) is 0 Å². The summed E-state index contributed by atoms with van der Waals surface area (Å²) in [5.41, 5.74) is 5.14. The van der Waals surface area contributed by atoms with E-state index in [0.717, 1.165) is 5.92 Å². The van der Waals surface area contributed by atoms with Crippen LogP contribution in [0.1, 0.15) is 39.5 Å². The molecule has 3 nitrogen and oxygen atoms in total. The Labute approximate surface area is 93.2 Å². The van der Waals surface area contributed by atoms with E-state index >= 15 is 0 Å². The molecule has 0 heterocycles. The number of nitrogens with zero attached hydrogens (tertiary/aromatic N) is 2. The Morgan fingerprint density at radius 3 is 2.73 bits per heavy atom. The van der Waals surface area contributed by atoms with Gasteiger partial charge in [0.05, 0.1) is 6.07 Å². The van der Waals surface area contributed by atoms with Crippen molar-refractivity contribution >= 4 is 0 Å². The average Bonchev–Trinajstić information content (AvgIpc) is 2.17. The third kappa shape index (κ3) is 3.81. The number of nitrogens with two attached hydrogens (primary N) is 1. The smallest absolute Gasteiger partial charge is 0.114 e. The molecule has 3 atom stereocenters. The predicted molar refractivity (Wildman–Crippen MR) is 62.3 cm³/mol. The summed E-state index contributed by atoms with van der Waals surface area (Å²) in [7, 11) is 2.09. The zero-order chi connectivity index (χ0) is 11.5. The molecular weight excluding hydrogens is 186 g/mol. The first-order valence-electron chi connectivity index (χ1n) is 5.85. The first kappa shape index (κ1) is 12.5. The largest absolute Gasteiger partial charge is 0.313 e. The summed E-state index contributed by atoms with van der Waals surface area (Å²) in [6.45, 7) is 4.78. The Hall–Kier alpha value is -0.590. The van der Waals surface area contributed by atoms with Gasteiger partial charge in [0.1, 0.15) is 5.54 Å². The summed E-state index contributed by atoms with van der Waals surface area (Å²) in [4.78, 5) is 2.26. The molecule has 2 N–H and O–H groups in total. The first-order valence-corrected chi connectivity index (χ1v) is 5.85. The average molecular weight is 209 g/mol. The minimum Gasteiger partial charge on any atom is -0.313 e. The van der Waals surface area contributed by atoms with E-state index in [-0.39, 0.29) is 0 Å². The van der Waals surface area contributed by atoms with Crippen molar-refractivity contribution in [2.24, 2.45) is 11.7 Å². The van der Waals surface area contributed by atoms with Crippen molar-refractivity contribution in [2.75, 3.05) is 13.6 Å². The SMILES string of the molecule is CC1CCCC(N(C)CC(C)(N)C#N)C1. The Kier molecular flexibility index (Phi) is 4.12. The lowest BCUT2D eigenvalue weighted by Gasteiger charge is -2.36. The van der Waals surface area contributed by atoms with E-state index < -0.39 is 5.54 Å². The topological polar surface area (TPSA) is 53.0 Å². The van der Waals surface area contributed by atoms with Gasteiger partial charge < -0.3 is 10.6 Å². The molecule has 1 saturated carbocycles. The fourth-order valence-electron chi connectivity index (χ4n) is 2.48. The van der Waals surface area contributed by atoms with E-state index in [1.54, 1.807) is 6.92 Å². The van der Waals surface area contributed by atoms with Crippen LogP contribution in [0, 0.1) is 17.2 Å². The number of nitriles is 1. The highest BCUT2D eigenvalue weighted by Gasteiger charge is 2.27. The van der Waals surface area contributed by atoms with Crippen LogP contribution < -0.4 is 5.73 Å². The summed E-state index contributed by atoms with van der Waals surface area (Å²) in [6, 6.07) is 2.77. The van der Waals surface area contributed by atoms with E-state index in [1.165, 1.54) is 25.7 Å². The second-order valence-electron chi connectivity index (χ2n) is 5.37. The molecule has 15 heavy (non-hydrogen) atoms. The third-order valence-corrected chi connectivity index (χ3v) is 3.37. The Balaban J connectivity index is 2.46. The maximum absolute atomic E-state index is 8.89. The molecule has 1 fully saturated rings. The van der Waals surface area contributed by atoms with E-state index in [4.69, 9.17) is 11.0 Å². The van der Waals surface area contributed by atoms with E-state index in [1.807, 2.05) is 0 Å². The molecule has 0 amide bonds. The molecule has 3 unspecified atom stereocenters. The lowest BCUT2D eigenvalue weighted by atomic mass is 9.86. The van der Waals surface area contributed by atoms with Crippen molar-refractivity contribution in [3.05, 3.63) is 0 Å². The van der Waals surface area contributed by atoms with Gasteiger partial charge in [-0.15, -0.1) is 0 Å². The summed E-state index contributed by atoms with van der Waals surface area (Å²) in [6.07, 6.45) is 5.16. The van der Waals surface area contributed by atoms with Crippen molar-refractivity contribution in [1.29, 1.82) is 5.26 Å². The van der Waals surface area contributed by atoms with Gasteiger partial charge in [-0.3, -0.25) is 0 Å². The van der Waals surface area contributed by atoms with E-state index in [2.05, 4.69) is 24.9 Å². The van der Waals surface area contributed by atoms with E-state index in [0.29, 0.717) is 12.6 Å². The van der Waals surface area contributed by atoms with Crippen molar-refractivity contribution in [2.45, 2.75) is 51.1 Å². The molecule has 0 bridgehead atoms. The lowest BCUT2D eigenvalue weighted by Crippen LogP contribution is -2.49. The molecular formula is C12H23N3. The molecule has 3 heteroatoms. The maximum Gasteiger partial charge on any atom is 0.114 e. The third-order valence-electron chi connectivity index (χ3n) is 3.37. The number of hydrogen-bond acceptors (Lipinski definition) is 3. The van der Waals surface area contributed by atoms with Gasteiger partial charge in [-0.05, 0) is 32.7 Å². The fourth-order valence-corrected chi connectivity index (χ4v) is 2.48. The second kappa shape index (κ2) is 4.96. The van der Waals surface area contributed by atoms with Crippen LogP contribution in [0.25, 0.3) is 0 Å². The monoisotopic (exact) mass is 209 g/mol. The lowest BCUT2D eigenvalue weighted by molar-refractivity contribution is 0.149. The van der Waals surface area contributed by atoms with Crippen LogP contribution in [0.15, 0.2) is 0 Å². The highest BCUT2D eigenvalue weighted by Crippen LogP contribution is 2.27. The Morgan fingerprint density at radius 1 is 1.53 bits per heavy atom. The molecule has 0 saturated heterocycles. The van der Waals surface area contributed by atoms with Gasteiger partial charge in [0.25, 0.3) is 0 Å². The molecule has 0 radical (unpaired) electrons. The molecule has 0 aromatic rings. The normalized spacial score (nSPS) is 30.9. The van der Waals surface area contributed by atoms with Crippen LogP contribution in [0.3, 0.4) is 0 Å². The molecule has 86 valence electrons. The number of hydrogen-bond donors (Lipinski definition) is 1. The summed E-state index contributed by atoms with van der Waals surface area (Å²) >= 11 is 0. The maximum atomic E-state index is 8.89. The van der Waals surface area contributed by atoms with Gasteiger partial charge >= 0.3 is 0 Å². The summed E-state index contributed by atoms with van der Waals surface area (Å²) < 4.78 is 0. The number of rotatable bonds is 3. The highest BCUT2D eigenvalue weighted by molar-refractivity contribution is 5.03. The standard InChI is InChI=1S/C12H23N3/c1-10-5-4-6-11(7-10)15(3)9-12(2,14)8-13/h10-11H,4-7,9,14H2,1-3H3. The zero-order valence-corrected chi connectivity index (χ0v) is 10.2. The Morgan fingerprint density at radius 2 is 2.20 bits per heavy atom. The van der Waals surface area contributed by atoms with Gasteiger partial charge in [-0.1, -0.05) is 19.8 Å². The summed E-state index contributed by atoms with van der Waals surface area (Å²) in [5.74, 6) is 0.817. The van der Waals surface area contributed by atoms with Crippen LogP contribution >= 0.6 is 0 Å². The van der Waals surface area contributed by atoms with Crippen molar-refractivity contribution < 1.29 is 0 Å². The predicted octanol–water partition coefficient (Wildman–Crippen LogP) is 1.74. The fraction of sp³-hybridized carbons (Fsp3) is 0.917. The minimum atomic E-state index is -0.713. The van der Waals surface area contributed by atoms with Crippen LogP contribution in [0.2, 0.25) is 0 Å². The molecule has 0 aromatic carbocycles. The molecule has 1 rings (SSSR count). The van der Waals surface area contributed by atoms with Gasteiger partial charge in [0, 0.05) is 12.6 Å². The molecule has 1 aliphatic rings. The van der Waals surface area contributed by atoms with Crippen LogP contribution in [0.5, 0.6) is 0 Å². The Bertz CT molecular complexity index is 242. The number of likely N-dealkylation sites (N-methyl/N-ethyl adjacent to an activating group) is 1. The molecule has 0 aliphatic heterocycles. The highest BCUT2D eigenvalue weighted by atomic mass is 15.1. The quantitative estimate of drug-likeness (QED) is 0.770. The minimum absolute atomic E-state index is 0.616. The zero-order valence-electron chi connectivity index (χ0n) is 10.2. The molecule has 0 spiro atoms. The van der Waals surface area contributed by atoms with Gasteiger partial charge in [-0.25, -0.2) is 0 Å². The van der Waals surface area contributed by atoms with Crippen LogP contribution in [0.4, 0.5) is 0 Å². The first-order chi connectivity index (χ1) is 6.94. The van der Waals surface area contributed by atoms with Gasteiger partial charge in [-0.2, -0.15) is 5.26 Å². The van der Waals surface area contributed by atoms with Gasteiger partial charge in [0.2, 0.25) is 0 Å². The second-order valence-corrected chi connectivity index (χ2v) is 5.37. The van der Waals surface area contributed by atoms with Crippen molar-refractivity contribution in [1.82, 2.24) is 4.90 Å². The van der Waals surface area contributed by atoms with Gasteiger partial charge in [0.15, 0.2) is 0 Å². The summed E-state index contributed by atoms with van der Waals surface area (Å²) in [5, 5.41) is 8.89. The van der Waals surface area contributed by atoms with Crippen LogP contribution in [-0.2, 0) is 0 Å².